The predicted molar refractivity (Wildman–Crippen MR) is 109 cm³/mol. The van der Waals surface area contributed by atoms with Gasteiger partial charge >= 0.3 is 5.97 Å². The molecular weight excluding hydrogens is 433 g/mol. The lowest BCUT2D eigenvalue weighted by Crippen LogP contribution is -2.48. The summed E-state index contributed by atoms with van der Waals surface area (Å²) in [4.78, 5) is 39.0. The second kappa shape index (κ2) is 8.37. The van der Waals surface area contributed by atoms with Crippen molar-refractivity contribution in [3.8, 4) is 5.13 Å². The van der Waals surface area contributed by atoms with Crippen molar-refractivity contribution in [1.82, 2.24) is 14.5 Å². The summed E-state index contributed by atoms with van der Waals surface area (Å²) < 4.78 is 16.1. The molecule has 0 spiro atoms. The van der Waals surface area contributed by atoms with E-state index in [9.17, 15) is 19.1 Å². The normalized spacial score (nSPS) is 13.5. The number of hydrogen-bond acceptors (Lipinski definition) is 10. The number of hydrogen-bond donors (Lipinski definition) is 3. The van der Waals surface area contributed by atoms with Gasteiger partial charge in [0.15, 0.2) is 28.5 Å². The van der Waals surface area contributed by atoms with Crippen molar-refractivity contribution in [1.29, 1.82) is 0 Å². The van der Waals surface area contributed by atoms with Crippen molar-refractivity contribution < 1.29 is 29.3 Å². The number of aliphatic hydroxyl groups excluding tert-OH is 2. The topological polar surface area (TPSA) is 150 Å². The lowest BCUT2D eigenvalue weighted by atomic mass is 10.1. The van der Waals surface area contributed by atoms with Crippen LogP contribution in [0.25, 0.3) is 16.2 Å². The summed E-state index contributed by atoms with van der Waals surface area (Å²) in [6.07, 6.45) is 1.80. The maximum Gasteiger partial charge on any atom is 0.341 e. The molecule has 0 aromatic carbocycles. The molecule has 162 valence electrons. The van der Waals surface area contributed by atoms with Gasteiger partial charge in [-0.15, -0.1) is 11.3 Å². The highest BCUT2D eigenvalue weighted by Crippen LogP contribution is 2.26. The monoisotopic (exact) mass is 449 g/mol. The van der Waals surface area contributed by atoms with Crippen LogP contribution in [0.2, 0.25) is 0 Å². The van der Waals surface area contributed by atoms with Crippen molar-refractivity contribution in [3.05, 3.63) is 45.4 Å². The number of aliphatic hydroxyl groups is 2. The first-order chi connectivity index (χ1) is 14.9. The van der Waals surface area contributed by atoms with Crippen molar-refractivity contribution in [2.24, 2.45) is 5.16 Å². The maximum absolute atomic E-state index is 14.8. The van der Waals surface area contributed by atoms with Crippen LogP contribution in [-0.4, -0.2) is 73.9 Å². The van der Waals surface area contributed by atoms with Crippen molar-refractivity contribution >= 4 is 39.9 Å². The summed E-state index contributed by atoms with van der Waals surface area (Å²) in [7, 11) is 0. The van der Waals surface area contributed by atoms with E-state index in [4.69, 9.17) is 15.1 Å². The van der Waals surface area contributed by atoms with Crippen LogP contribution in [0, 0.1) is 5.82 Å². The van der Waals surface area contributed by atoms with Gasteiger partial charge in [0.2, 0.25) is 5.43 Å². The summed E-state index contributed by atoms with van der Waals surface area (Å²) in [5.74, 6) is -2.27. The fourth-order valence-corrected chi connectivity index (χ4v) is 3.56. The van der Waals surface area contributed by atoms with Crippen molar-refractivity contribution in [3.63, 3.8) is 0 Å². The number of aromatic nitrogens is 3. The van der Waals surface area contributed by atoms with Crippen LogP contribution in [0.5, 0.6) is 0 Å². The molecule has 4 heterocycles. The van der Waals surface area contributed by atoms with Gasteiger partial charge in [0.25, 0.3) is 0 Å². The largest absolute Gasteiger partial charge is 0.477 e. The van der Waals surface area contributed by atoms with Gasteiger partial charge in [-0.05, 0) is 6.07 Å². The lowest BCUT2D eigenvalue weighted by molar-refractivity contribution is -0.0176. The zero-order valence-electron chi connectivity index (χ0n) is 15.8. The Morgan fingerprint density at radius 1 is 1.35 bits per heavy atom. The summed E-state index contributed by atoms with van der Waals surface area (Å²) in [5.41, 5.74) is -0.739. The van der Waals surface area contributed by atoms with E-state index in [1.165, 1.54) is 22.1 Å². The fraction of sp³-hybridized carbons (Fsp3) is 0.278. The molecule has 0 saturated carbocycles. The molecule has 0 bridgehead atoms. The van der Waals surface area contributed by atoms with Crippen molar-refractivity contribution in [2.45, 2.75) is 6.10 Å². The van der Waals surface area contributed by atoms with E-state index in [0.717, 1.165) is 12.3 Å². The molecule has 3 N–H and O–H groups in total. The smallest absolute Gasteiger partial charge is 0.341 e. The standard InChI is InChI=1S/C18H16FN5O6S/c19-13-3-11-14(27)12(17(28)29)6-24(18-20-1-2-31-18)15(11)21-16(13)23-4-9(5-23)22-30-10(7-25)8-26/h1-3,6,10,25-26H,4-5,7-8H2,(H,28,29). The summed E-state index contributed by atoms with van der Waals surface area (Å²) in [6, 6.07) is 0.968. The van der Waals surface area contributed by atoms with Crippen LogP contribution < -0.4 is 10.3 Å². The van der Waals surface area contributed by atoms with E-state index < -0.39 is 42.1 Å². The van der Waals surface area contributed by atoms with E-state index in [1.54, 1.807) is 10.3 Å². The quantitative estimate of drug-likeness (QED) is 0.431. The summed E-state index contributed by atoms with van der Waals surface area (Å²) in [5, 5.41) is 33.0. The number of thiazole rings is 1. The maximum atomic E-state index is 14.8. The number of oxime groups is 1. The number of anilines is 1. The van der Waals surface area contributed by atoms with Gasteiger partial charge in [0.05, 0.1) is 37.4 Å². The number of rotatable bonds is 7. The molecular formula is C18H16FN5O6S. The molecule has 1 aliphatic rings. The molecule has 3 aromatic rings. The molecule has 1 aliphatic heterocycles. The minimum atomic E-state index is -1.44. The molecule has 0 amide bonds. The first-order valence-electron chi connectivity index (χ1n) is 9.00. The highest BCUT2D eigenvalue weighted by molar-refractivity contribution is 7.12. The van der Waals surface area contributed by atoms with Gasteiger partial charge in [-0.1, -0.05) is 5.16 Å². The first kappa shape index (κ1) is 20.8. The molecule has 1 saturated heterocycles. The predicted octanol–water partition coefficient (Wildman–Crippen LogP) is 0.225. The zero-order chi connectivity index (χ0) is 22.1. The lowest BCUT2D eigenvalue weighted by Gasteiger charge is -2.33. The number of fused-ring (bicyclic) bond motifs is 1. The SMILES string of the molecule is O=C(O)c1cn(-c2nccs2)c2nc(N3CC(=NOC(CO)CO)C3)c(F)cc2c1=O. The zero-order valence-corrected chi connectivity index (χ0v) is 16.6. The van der Waals surface area contributed by atoms with E-state index in [0.29, 0.717) is 10.8 Å². The molecule has 0 atom stereocenters. The molecule has 3 aromatic heterocycles. The van der Waals surface area contributed by atoms with Crippen LogP contribution in [0.15, 0.2) is 33.8 Å². The van der Waals surface area contributed by atoms with E-state index >= 15 is 0 Å². The number of carbonyl (C=O) groups is 1. The van der Waals surface area contributed by atoms with Crippen LogP contribution >= 0.6 is 11.3 Å². The Kier molecular flexibility index (Phi) is 5.63. The Hall–Kier alpha value is -3.42. The molecule has 0 unspecified atom stereocenters. The van der Waals surface area contributed by atoms with Crippen LogP contribution in [-0.2, 0) is 4.84 Å². The minimum Gasteiger partial charge on any atom is -0.477 e. The van der Waals surface area contributed by atoms with Crippen LogP contribution in [0.4, 0.5) is 10.2 Å². The Balaban J connectivity index is 1.73. The Bertz CT molecular complexity index is 1220. The van der Waals surface area contributed by atoms with Crippen molar-refractivity contribution in [2.75, 3.05) is 31.2 Å². The number of carboxylic acid groups (broad SMARTS) is 1. The highest BCUT2D eigenvalue weighted by Gasteiger charge is 2.29. The minimum absolute atomic E-state index is 0.0416. The number of pyridine rings is 2. The van der Waals surface area contributed by atoms with Gasteiger partial charge in [0, 0.05) is 17.8 Å². The molecule has 0 aliphatic carbocycles. The second-order valence-electron chi connectivity index (χ2n) is 6.63. The third-order valence-electron chi connectivity index (χ3n) is 4.55. The van der Waals surface area contributed by atoms with E-state index in [1.807, 2.05) is 0 Å². The van der Waals surface area contributed by atoms with Gasteiger partial charge in [-0.2, -0.15) is 0 Å². The first-order valence-corrected chi connectivity index (χ1v) is 9.88. The van der Waals surface area contributed by atoms with Gasteiger partial charge in [-0.25, -0.2) is 19.2 Å². The van der Waals surface area contributed by atoms with E-state index in [2.05, 4.69) is 15.1 Å². The second-order valence-corrected chi connectivity index (χ2v) is 7.51. The molecule has 4 rings (SSSR count). The molecule has 0 radical (unpaired) electrons. The third-order valence-corrected chi connectivity index (χ3v) is 5.32. The summed E-state index contributed by atoms with van der Waals surface area (Å²) >= 11 is 1.20. The number of halogens is 1. The van der Waals surface area contributed by atoms with Crippen LogP contribution in [0.1, 0.15) is 10.4 Å². The number of carboxylic acids is 1. The fourth-order valence-electron chi connectivity index (χ4n) is 2.94. The van der Waals surface area contributed by atoms with E-state index in [-0.39, 0.29) is 29.9 Å². The number of aromatic carboxylic acids is 1. The third kappa shape index (κ3) is 3.85. The molecule has 31 heavy (non-hydrogen) atoms. The number of nitrogens with zero attached hydrogens (tertiary/aromatic N) is 5. The molecule has 11 nitrogen and oxygen atoms in total. The summed E-state index contributed by atoms with van der Waals surface area (Å²) in [6.45, 7) is -0.420. The Morgan fingerprint density at radius 2 is 2.10 bits per heavy atom. The highest BCUT2D eigenvalue weighted by atomic mass is 32.1. The average molecular weight is 449 g/mol. The average Bonchev–Trinajstić information content (AvgIpc) is 3.25. The van der Waals surface area contributed by atoms with Gasteiger partial charge in [0.1, 0.15) is 5.56 Å². The molecule has 13 heteroatoms. The van der Waals surface area contributed by atoms with Gasteiger partial charge in [-0.3, -0.25) is 9.36 Å². The van der Waals surface area contributed by atoms with Crippen LogP contribution in [0.3, 0.4) is 0 Å². The van der Waals surface area contributed by atoms with Gasteiger partial charge < -0.3 is 25.1 Å². The Labute approximate surface area is 177 Å². The Morgan fingerprint density at radius 3 is 2.71 bits per heavy atom. The molecule has 1 fully saturated rings.